The Morgan fingerprint density at radius 2 is 2.00 bits per heavy atom. The Balaban J connectivity index is 1.28. The molecule has 0 spiro atoms. The van der Waals surface area contributed by atoms with Crippen LogP contribution in [-0.4, -0.2) is 94.2 Å². The Morgan fingerprint density at radius 3 is 2.68 bits per heavy atom. The molecular weight excluding hydrogens is 470 g/mol. The molecule has 0 bridgehead atoms. The van der Waals surface area contributed by atoms with E-state index in [-0.39, 0.29) is 18.0 Å². The maximum Gasteiger partial charge on any atom is 0.410 e. The number of hydrogen-bond acceptors (Lipinski definition) is 7. The SMILES string of the molecule is CCOC(=O)N1CC=C(c2cccn3nc(Nc4ccc(C(=O)N(C)C5CCN(C)C5)cc4)nc23)CC1. The standard InChI is InChI=1S/C27H33N7O3/c1-4-37-27(36)33-16-11-19(12-17-33)23-6-5-14-34-24(23)29-26(30-34)28-21-9-7-20(8-10-21)25(35)32(3)22-13-15-31(2)18-22/h5-11,14,22H,4,12-13,15-18H2,1-3H3,(H,28,30). The number of pyridine rings is 1. The summed E-state index contributed by atoms with van der Waals surface area (Å²) >= 11 is 0. The average molecular weight is 504 g/mol. The highest BCUT2D eigenvalue weighted by molar-refractivity contribution is 5.94. The van der Waals surface area contributed by atoms with E-state index in [1.54, 1.807) is 9.42 Å². The van der Waals surface area contributed by atoms with Gasteiger partial charge < -0.3 is 24.8 Å². The van der Waals surface area contributed by atoms with Crippen molar-refractivity contribution in [3.8, 4) is 0 Å². The number of likely N-dealkylation sites (tertiary alicyclic amines) is 1. The zero-order valence-corrected chi connectivity index (χ0v) is 21.6. The summed E-state index contributed by atoms with van der Waals surface area (Å²) in [4.78, 5) is 35.5. The van der Waals surface area contributed by atoms with Gasteiger partial charge >= 0.3 is 6.09 Å². The second-order valence-electron chi connectivity index (χ2n) is 9.57. The molecule has 1 aromatic carbocycles. The number of amides is 2. The molecule has 2 aliphatic rings. The molecule has 194 valence electrons. The van der Waals surface area contributed by atoms with E-state index in [4.69, 9.17) is 9.72 Å². The summed E-state index contributed by atoms with van der Waals surface area (Å²) in [5.74, 6) is 0.506. The predicted octanol–water partition coefficient (Wildman–Crippen LogP) is 3.49. The molecule has 0 saturated carbocycles. The van der Waals surface area contributed by atoms with Crippen molar-refractivity contribution >= 4 is 34.9 Å². The third kappa shape index (κ3) is 5.29. The second-order valence-corrected chi connectivity index (χ2v) is 9.57. The van der Waals surface area contributed by atoms with E-state index >= 15 is 0 Å². The monoisotopic (exact) mass is 503 g/mol. The van der Waals surface area contributed by atoms with Gasteiger partial charge in [0.05, 0.1) is 6.61 Å². The molecule has 2 amide bonds. The Labute approximate surface area is 216 Å². The number of benzene rings is 1. The average Bonchev–Trinajstić information content (AvgIpc) is 3.54. The van der Waals surface area contributed by atoms with Gasteiger partial charge in [0.2, 0.25) is 5.95 Å². The molecule has 2 aliphatic heterocycles. The van der Waals surface area contributed by atoms with Crippen LogP contribution in [0.4, 0.5) is 16.4 Å². The summed E-state index contributed by atoms with van der Waals surface area (Å²) in [5.41, 5.74) is 4.34. The van der Waals surface area contributed by atoms with Crippen LogP contribution in [0.15, 0.2) is 48.7 Å². The Morgan fingerprint density at radius 1 is 1.19 bits per heavy atom. The number of nitrogens with one attached hydrogen (secondary N) is 1. The van der Waals surface area contributed by atoms with Crippen LogP contribution in [-0.2, 0) is 4.74 Å². The maximum absolute atomic E-state index is 12.9. The summed E-state index contributed by atoms with van der Waals surface area (Å²) in [7, 11) is 3.97. The number of fused-ring (bicyclic) bond motifs is 1. The topological polar surface area (TPSA) is 95.3 Å². The van der Waals surface area contributed by atoms with E-state index in [9.17, 15) is 9.59 Å². The van der Waals surface area contributed by atoms with E-state index in [0.29, 0.717) is 31.2 Å². The molecule has 37 heavy (non-hydrogen) atoms. The molecule has 0 radical (unpaired) electrons. The Bertz CT molecular complexity index is 1320. The van der Waals surface area contributed by atoms with Crippen molar-refractivity contribution in [2.75, 3.05) is 52.2 Å². The highest BCUT2D eigenvalue weighted by Crippen LogP contribution is 2.27. The van der Waals surface area contributed by atoms with Gasteiger partial charge in [-0.25, -0.2) is 9.31 Å². The molecular formula is C27H33N7O3. The van der Waals surface area contributed by atoms with Gasteiger partial charge in [0.15, 0.2) is 5.65 Å². The number of ether oxygens (including phenoxy) is 1. The van der Waals surface area contributed by atoms with Crippen LogP contribution in [0.25, 0.3) is 11.2 Å². The quantitative estimate of drug-likeness (QED) is 0.550. The number of carbonyl (C=O) groups is 2. The van der Waals surface area contributed by atoms with Gasteiger partial charge in [-0.3, -0.25) is 4.79 Å². The Kier molecular flexibility index (Phi) is 7.09. The van der Waals surface area contributed by atoms with E-state index in [0.717, 1.165) is 48.4 Å². The molecule has 0 aliphatic carbocycles. The normalized spacial score (nSPS) is 18.1. The van der Waals surface area contributed by atoms with Crippen LogP contribution in [0.5, 0.6) is 0 Å². The number of rotatable bonds is 6. The second kappa shape index (κ2) is 10.6. The van der Waals surface area contributed by atoms with E-state index in [2.05, 4.69) is 22.4 Å². The predicted molar refractivity (Wildman–Crippen MR) is 142 cm³/mol. The van der Waals surface area contributed by atoms with E-state index in [1.807, 2.05) is 67.5 Å². The van der Waals surface area contributed by atoms with Gasteiger partial charge in [0.1, 0.15) is 0 Å². The minimum absolute atomic E-state index is 0.0321. The minimum atomic E-state index is -0.282. The molecule has 4 heterocycles. The number of likely N-dealkylation sites (N-methyl/N-ethyl adjacent to an activating group) is 2. The molecule has 10 heteroatoms. The molecule has 5 rings (SSSR count). The van der Waals surface area contributed by atoms with E-state index in [1.165, 1.54) is 0 Å². The third-order valence-electron chi connectivity index (χ3n) is 7.07. The van der Waals surface area contributed by atoms with Crippen LogP contribution in [0, 0.1) is 0 Å². The van der Waals surface area contributed by atoms with Crippen LogP contribution in [0.2, 0.25) is 0 Å². The smallest absolute Gasteiger partial charge is 0.410 e. The van der Waals surface area contributed by atoms with Gasteiger partial charge in [0, 0.05) is 55.7 Å². The molecule has 1 atom stereocenters. The molecule has 1 unspecified atom stereocenters. The highest BCUT2D eigenvalue weighted by Gasteiger charge is 2.27. The number of aromatic nitrogens is 3. The first-order chi connectivity index (χ1) is 17.9. The Hall–Kier alpha value is -3.92. The van der Waals surface area contributed by atoms with Crippen molar-refractivity contribution < 1.29 is 14.3 Å². The first kappa shape index (κ1) is 24.8. The first-order valence-corrected chi connectivity index (χ1v) is 12.7. The van der Waals surface area contributed by atoms with Gasteiger partial charge in [-0.1, -0.05) is 6.08 Å². The van der Waals surface area contributed by atoms with E-state index < -0.39 is 0 Å². The largest absolute Gasteiger partial charge is 0.450 e. The summed E-state index contributed by atoms with van der Waals surface area (Å²) in [6.07, 6.45) is 5.35. The van der Waals surface area contributed by atoms with Crippen LogP contribution in [0.1, 0.15) is 35.7 Å². The lowest BCUT2D eigenvalue weighted by molar-refractivity contribution is 0.0737. The fourth-order valence-electron chi connectivity index (χ4n) is 4.93. The summed E-state index contributed by atoms with van der Waals surface area (Å²) < 4.78 is 6.86. The lowest BCUT2D eigenvalue weighted by Gasteiger charge is -2.25. The lowest BCUT2D eigenvalue weighted by atomic mass is 10.0. The van der Waals surface area contributed by atoms with Crippen LogP contribution < -0.4 is 5.32 Å². The number of anilines is 2. The summed E-state index contributed by atoms with van der Waals surface area (Å²) in [6, 6.07) is 11.6. The maximum atomic E-state index is 12.9. The van der Waals surface area contributed by atoms with Crippen molar-refractivity contribution in [2.24, 2.45) is 0 Å². The molecule has 10 nitrogen and oxygen atoms in total. The third-order valence-corrected chi connectivity index (χ3v) is 7.07. The van der Waals surface area contributed by atoms with Gasteiger partial charge in [0.25, 0.3) is 5.91 Å². The molecule has 1 N–H and O–H groups in total. The lowest BCUT2D eigenvalue weighted by Crippen LogP contribution is -2.38. The number of nitrogens with zero attached hydrogens (tertiary/aromatic N) is 6. The fourth-order valence-corrected chi connectivity index (χ4v) is 4.93. The van der Waals surface area contributed by atoms with Crippen molar-refractivity contribution in [3.05, 3.63) is 59.8 Å². The van der Waals surface area contributed by atoms with Gasteiger partial charge in [-0.15, -0.1) is 5.10 Å². The summed E-state index contributed by atoms with van der Waals surface area (Å²) in [5, 5.41) is 7.83. The van der Waals surface area contributed by atoms with Crippen LogP contribution >= 0.6 is 0 Å². The van der Waals surface area contributed by atoms with Gasteiger partial charge in [-0.2, -0.15) is 4.98 Å². The number of hydrogen-bond donors (Lipinski definition) is 1. The van der Waals surface area contributed by atoms with Crippen molar-refractivity contribution in [1.82, 2.24) is 29.3 Å². The first-order valence-electron chi connectivity index (χ1n) is 12.7. The zero-order chi connectivity index (χ0) is 25.9. The van der Waals surface area contributed by atoms with Crippen molar-refractivity contribution in [1.29, 1.82) is 0 Å². The van der Waals surface area contributed by atoms with Crippen LogP contribution in [0.3, 0.4) is 0 Å². The van der Waals surface area contributed by atoms with Crippen molar-refractivity contribution in [2.45, 2.75) is 25.8 Å². The van der Waals surface area contributed by atoms with Crippen molar-refractivity contribution in [3.63, 3.8) is 0 Å². The van der Waals surface area contributed by atoms with Gasteiger partial charge in [-0.05, 0) is 75.3 Å². The highest BCUT2D eigenvalue weighted by atomic mass is 16.6. The number of carbonyl (C=O) groups excluding carboxylic acids is 2. The molecule has 1 fully saturated rings. The molecule has 1 saturated heterocycles. The molecule has 3 aromatic rings. The summed E-state index contributed by atoms with van der Waals surface area (Å²) in [6.45, 7) is 5.21. The zero-order valence-electron chi connectivity index (χ0n) is 21.6. The minimum Gasteiger partial charge on any atom is -0.450 e. The molecule has 2 aromatic heterocycles. The fraction of sp³-hybridized carbons (Fsp3) is 0.407.